The van der Waals surface area contributed by atoms with Gasteiger partial charge in [0.2, 0.25) is 0 Å². The van der Waals surface area contributed by atoms with Crippen molar-refractivity contribution >= 4 is 5.97 Å². The van der Waals surface area contributed by atoms with Crippen LogP contribution in [0.15, 0.2) is 60.7 Å². The Kier molecular flexibility index (Phi) is 6.42. The number of rotatable bonds is 7. The first-order valence-corrected chi connectivity index (χ1v) is 9.20. The maximum Gasteiger partial charge on any atom is 0.338 e. The maximum atomic E-state index is 12.5. The third-order valence-corrected chi connectivity index (χ3v) is 4.86. The number of carbonyl (C=O) groups is 1. The van der Waals surface area contributed by atoms with Crippen LogP contribution in [0.1, 0.15) is 31.4 Å². The number of carbonyl (C=O) groups excluding carboxylic acids is 1. The average Bonchev–Trinajstić information content (AvgIpc) is 2.69. The van der Waals surface area contributed by atoms with Crippen molar-refractivity contribution in [3.8, 4) is 0 Å². The highest BCUT2D eigenvalue weighted by Gasteiger charge is 2.44. The molecule has 0 aliphatic carbocycles. The van der Waals surface area contributed by atoms with Gasteiger partial charge in [-0.05, 0) is 17.5 Å². The fourth-order valence-corrected chi connectivity index (χ4v) is 3.33. The molecular weight excluding hydrogens is 328 g/mol. The highest BCUT2D eigenvalue weighted by atomic mass is 16.6. The first kappa shape index (κ1) is 18.6. The molecule has 2 aromatic rings. The Balaban J connectivity index is 1.71. The van der Waals surface area contributed by atoms with E-state index in [4.69, 9.17) is 14.2 Å². The zero-order valence-corrected chi connectivity index (χ0v) is 15.3. The fraction of sp³-hybridized carbons (Fsp3) is 0.409. The van der Waals surface area contributed by atoms with E-state index < -0.39 is 6.10 Å². The van der Waals surface area contributed by atoms with Gasteiger partial charge in [0.15, 0.2) is 6.10 Å². The van der Waals surface area contributed by atoms with Crippen molar-refractivity contribution in [1.29, 1.82) is 0 Å². The summed E-state index contributed by atoms with van der Waals surface area (Å²) < 4.78 is 17.7. The van der Waals surface area contributed by atoms with Crippen molar-refractivity contribution in [2.45, 2.75) is 51.8 Å². The summed E-state index contributed by atoms with van der Waals surface area (Å²) in [5.41, 5.74) is 2.10. The van der Waals surface area contributed by atoms with Crippen LogP contribution < -0.4 is 0 Å². The quantitative estimate of drug-likeness (QED) is 0.702. The van der Waals surface area contributed by atoms with E-state index in [0.29, 0.717) is 13.2 Å². The van der Waals surface area contributed by atoms with Gasteiger partial charge in [-0.25, -0.2) is 4.79 Å². The molecule has 0 bridgehead atoms. The van der Waals surface area contributed by atoms with Gasteiger partial charge in [0.1, 0.15) is 12.2 Å². The summed E-state index contributed by atoms with van der Waals surface area (Å²) >= 11 is 0. The minimum Gasteiger partial charge on any atom is -0.460 e. The van der Waals surface area contributed by atoms with Gasteiger partial charge in [-0.15, -0.1) is 0 Å². The molecule has 0 spiro atoms. The zero-order valence-electron chi connectivity index (χ0n) is 15.3. The van der Waals surface area contributed by atoms with Crippen LogP contribution in [0, 0.1) is 5.92 Å². The lowest BCUT2D eigenvalue weighted by Crippen LogP contribution is -2.53. The molecule has 1 aliphatic rings. The lowest BCUT2D eigenvalue weighted by molar-refractivity contribution is -0.207. The van der Waals surface area contributed by atoms with Crippen molar-refractivity contribution in [2.24, 2.45) is 5.92 Å². The van der Waals surface area contributed by atoms with Crippen molar-refractivity contribution in [1.82, 2.24) is 0 Å². The Morgan fingerprint density at radius 1 is 0.885 bits per heavy atom. The van der Waals surface area contributed by atoms with Crippen LogP contribution >= 0.6 is 0 Å². The number of ether oxygens (including phenoxy) is 3. The van der Waals surface area contributed by atoms with Gasteiger partial charge >= 0.3 is 5.97 Å². The summed E-state index contributed by atoms with van der Waals surface area (Å²) in [6.07, 6.45) is -0.412. The predicted molar refractivity (Wildman–Crippen MR) is 99.4 cm³/mol. The summed E-state index contributed by atoms with van der Waals surface area (Å²) in [6.45, 7) is 4.89. The van der Waals surface area contributed by atoms with Crippen molar-refractivity contribution in [2.75, 3.05) is 0 Å². The Morgan fingerprint density at radius 2 is 1.42 bits per heavy atom. The van der Waals surface area contributed by atoms with Crippen molar-refractivity contribution in [3.63, 3.8) is 0 Å². The van der Waals surface area contributed by atoms with Crippen LogP contribution in [-0.4, -0.2) is 24.3 Å². The minimum absolute atomic E-state index is 0.0715. The largest absolute Gasteiger partial charge is 0.460 e. The molecule has 4 atom stereocenters. The van der Waals surface area contributed by atoms with E-state index in [-0.39, 0.29) is 24.1 Å². The Morgan fingerprint density at radius 3 is 1.96 bits per heavy atom. The van der Waals surface area contributed by atoms with Crippen LogP contribution in [-0.2, 0) is 32.2 Å². The van der Waals surface area contributed by atoms with Crippen LogP contribution in [0.25, 0.3) is 0 Å². The van der Waals surface area contributed by atoms with E-state index in [9.17, 15) is 4.79 Å². The van der Waals surface area contributed by atoms with E-state index >= 15 is 0 Å². The van der Waals surface area contributed by atoms with Crippen molar-refractivity contribution in [3.05, 3.63) is 71.8 Å². The third-order valence-electron chi connectivity index (χ3n) is 4.86. The molecule has 1 saturated heterocycles. The van der Waals surface area contributed by atoms with Crippen LogP contribution in [0.3, 0.4) is 0 Å². The van der Waals surface area contributed by atoms with Gasteiger partial charge in [-0.3, -0.25) is 0 Å². The summed E-state index contributed by atoms with van der Waals surface area (Å²) in [4.78, 5) is 12.5. The molecule has 0 saturated carbocycles. The SMILES string of the molecule is CC[C@H]1OC(=O)[C@H](OCc2ccccc2)[C@@H](OCc2ccccc2)[C@@H]1C. The molecule has 138 valence electrons. The Labute approximate surface area is 155 Å². The highest BCUT2D eigenvalue weighted by molar-refractivity contribution is 5.76. The fourth-order valence-electron chi connectivity index (χ4n) is 3.33. The van der Waals surface area contributed by atoms with E-state index in [0.717, 1.165) is 17.5 Å². The molecule has 1 heterocycles. The average molecular weight is 354 g/mol. The first-order chi connectivity index (χ1) is 12.7. The van der Waals surface area contributed by atoms with Gasteiger partial charge in [-0.1, -0.05) is 74.5 Å². The van der Waals surface area contributed by atoms with E-state index in [2.05, 4.69) is 6.92 Å². The lowest BCUT2D eigenvalue weighted by Gasteiger charge is -2.39. The normalized spacial score (nSPS) is 25.7. The van der Waals surface area contributed by atoms with E-state index in [1.165, 1.54) is 0 Å². The number of benzene rings is 2. The molecule has 1 fully saturated rings. The molecule has 0 N–H and O–H groups in total. The van der Waals surface area contributed by atoms with Gasteiger partial charge < -0.3 is 14.2 Å². The molecule has 26 heavy (non-hydrogen) atoms. The molecule has 2 aromatic carbocycles. The smallest absolute Gasteiger partial charge is 0.338 e. The molecule has 0 aromatic heterocycles. The second kappa shape index (κ2) is 8.97. The van der Waals surface area contributed by atoms with Crippen LogP contribution in [0.4, 0.5) is 0 Å². The molecule has 0 radical (unpaired) electrons. The second-order valence-corrected chi connectivity index (χ2v) is 6.72. The molecule has 1 aliphatic heterocycles. The molecule has 4 nitrogen and oxygen atoms in total. The van der Waals surface area contributed by atoms with Crippen molar-refractivity contribution < 1.29 is 19.0 Å². The first-order valence-electron chi connectivity index (χ1n) is 9.20. The number of hydrogen-bond acceptors (Lipinski definition) is 4. The predicted octanol–water partition coefficient (Wildman–Crippen LogP) is 4.13. The minimum atomic E-state index is -0.711. The lowest BCUT2D eigenvalue weighted by atomic mass is 9.89. The third kappa shape index (κ3) is 4.51. The monoisotopic (exact) mass is 354 g/mol. The summed E-state index contributed by atoms with van der Waals surface area (Å²) in [7, 11) is 0. The molecule has 3 rings (SSSR count). The standard InChI is InChI=1S/C22H26O4/c1-3-19-16(2)20(24-14-17-10-6-4-7-11-17)21(22(23)26-19)25-15-18-12-8-5-9-13-18/h4-13,16,19-21H,3,14-15H2,1-2H3/t16-,19-,20+,21-/m1/s1. The molecule has 0 amide bonds. The summed E-state index contributed by atoms with van der Waals surface area (Å²) in [6, 6.07) is 19.8. The van der Waals surface area contributed by atoms with Crippen LogP contribution in [0.2, 0.25) is 0 Å². The summed E-state index contributed by atoms with van der Waals surface area (Å²) in [5, 5.41) is 0. The molecular formula is C22H26O4. The second-order valence-electron chi connectivity index (χ2n) is 6.72. The van der Waals surface area contributed by atoms with Gasteiger partial charge in [0.05, 0.1) is 13.2 Å². The molecule has 4 heteroatoms. The highest BCUT2D eigenvalue weighted by Crippen LogP contribution is 2.30. The van der Waals surface area contributed by atoms with E-state index in [1.54, 1.807) is 0 Å². The molecule has 0 unspecified atom stereocenters. The number of esters is 1. The number of hydrogen-bond donors (Lipinski definition) is 0. The summed E-state index contributed by atoms with van der Waals surface area (Å²) in [5.74, 6) is -0.258. The zero-order chi connectivity index (χ0) is 18.4. The number of cyclic esters (lactones) is 1. The van der Waals surface area contributed by atoms with Gasteiger partial charge in [0, 0.05) is 5.92 Å². The maximum absolute atomic E-state index is 12.5. The Bertz CT molecular complexity index is 686. The Hall–Kier alpha value is -2.17. The van der Waals surface area contributed by atoms with Gasteiger partial charge in [0.25, 0.3) is 0 Å². The van der Waals surface area contributed by atoms with Crippen LogP contribution in [0.5, 0.6) is 0 Å². The topological polar surface area (TPSA) is 44.8 Å². The van der Waals surface area contributed by atoms with E-state index in [1.807, 2.05) is 67.6 Å². The van der Waals surface area contributed by atoms with Gasteiger partial charge in [-0.2, -0.15) is 0 Å².